The van der Waals surface area contributed by atoms with Crippen molar-refractivity contribution in [2.75, 3.05) is 13.7 Å². The smallest absolute Gasteiger partial charge is 0.359 e. The molecule has 10 heteroatoms. The van der Waals surface area contributed by atoms with Gasteiger partial charge in [-0.3, -0.25) is 4.68 Å². The molecule has 0 radical (unpaired) electrons. The van der Waals surface area contributed by atoms with Crippen molar-refractivity contribution in [3.63, 3.8) is 0 Å². The summed E-state index contributed by atoms with van der Waals surface area (Å²) in [6.07, 6.45) is 5.95. The highest BCUT2D eigenvalue weighted by Crippen LogP contribution is 2.36. The molecule has 0 aromatic carbocycles. The normalized spacial score (nSPS) is 19.3. The van der Waals surface area contributed by atoms with Gasteiger partial charge in [0.2, 0.25) is 10.0 Å². The molecule has 0 amide bonds. The lowest BCUT2D eigenvalue weighted by Gasteiger charge is -2.34. The van der Waals surface area contributed by atoms with Crippen LogP contribution in [0.2, 0.25) is 0 Å². The number of esters is 1. The van der Waals surface area contributed by atoms with Crippen LogP contribution in [0.5, 0.6) is 0 Å². The van der Waals surface area contributed by atoms with E-state index in [4.69, 9.17) is 0 Å². The number of carbonyl (C=O) groups is 1. The standard InChI is InChI=1S/C14H18N4O4S2/c1-17-8-10(7-15-17)11-5-3-4-6-18(11)24(20,21)12-9-23-16-13(12)14(19)22-2/h7-9,11H,3-6H2,1-2H3. The molecule has 1 saturated heterocycles. The fourth-order valence-electron chi connectivity index (χ4n) is 2.91. The van der Waals surface area contributed by atoms with Gasteiger partial charge in [0.05, 0.1) is 19.3 Å². The number of aryl methyl sites for hydroxylation is 1. The molecule has 0 saturated carbocycles. The Bertz CT molecular complexity index is 843. The first kappa shape index (κ1) is 17.1. The van der Waals surface area contributed by atoms with Crippen LogP contribution >= 0.6 is 11.5 Å². The fourth-order valence-corrected chi connectivity index (χ4v) is 5.68. The summed E-state index contributed by atoms with van der Waals surface area (Å²) < 4.78 is 37.9. The Balaban J connectivity index is 2.01. The quantitative estimate of drug-likeness (QED) is 0.759. The summed E-state index contributed by atoms with van der Waals surface area (Å²) in [7, 11) is -0.848. The molecule has 1 aliphatic heterocycles. The molecule has 0 bridgehead atoms. The van der Waals surface area contributed by atoms with Gasteiger partial charge in [-0.2, -0.15) is 13.8 Å². The maximum Gasteiger partial charge on any atom is 0.359 e. The molecular weight excluding hydrogens is 352 g/mol. The number of piperidine rings is 1. The molecule has 24 heavy (non-hydrogen) atoms. The van der Waals surface area contributed by atoms with E-state index in [1.165, 1.54) is 16.8 Å². The molecule has 0 aliphatic carbocycles. The van der Waals surface area contributed by atoms with Crippen molar-refractivity contribution in [3.8, 4) is 0 Å². The average Bonchev–Trinajstić information content (AvgIpc) is 3.23. The summed E-state index contributed by atoms with van der Waals surface area (Å²) in [4.78, 5) is 11.7. The molecule has 2 aromatic rings. The number of sulfonamides is 1. The van der Waals surface area contributed by atoms with Crippen molar-refractivity contribution in [2.24, 2.45) is 7.05 Å². The van der Waals surface area contributed by atoms with Crippen molar-refractivity contribution in [1.82, 2.24) is 18.5 Å². The Morgan fingerprint density at radius 1 is 1.42 bits per heavy atom. The molecule has 2 aromatic heterocycles. The Morgan fingerprint density at radius 3 is 2.88 bits per heavy atom. The summed E-state index contributed by atoms with van der Waals surface area (Å²) in [5.41, 5.74) is 0.696. The van der Waals surface area contributed by atoms with E-state index in [-0.39, 0.29) is 16.6 Å². The van der Waals surface area contributed by atoms with E-state index in [1.54, 1.807) is 17.9 Å². The van der Waals surface area contributed by atoms with Crippen LogP contribution in [0.15, 0.2) is 22.7 Å². The number of ether oxygens (including phenoxy) is 1. The van der Waals surface area contributed by atoms with E-state index in [9.17, 15) is 13.2 Å². The van der Waals surface area contributed by atoms with E-state index in [0.717, 1.165) is 36.4 Å². The van der Waals surface area contributed by atoms with Crippen LogP contribution in [0.3, 0.4) is 0 Å². The molecule has 0 spiro atoms. The first-order chi connectivity index (χ1) is 11.4. The largest absolute Gasteiger partial charge is 0.464 e. The van der Waals surface area contributed by atoms with Crippen LogP contribution in [0.25, 0.3) is 0 Å². The number of rotatable bonds is 4. The average molecular weight is 370 g/mol. The molecule has 3 heterocycles. The van der Waals surface area contributed by atoms with Crippen LogP contribution in [-0.4, -0.2) is 46.5 Å². The van der Waals surface area contributed by atoms with E-state index in [0.29, 0.717) is 6.54 Å². The summed E-state index contributed by atoms with van der Waals surface area (Å²) in [5.74, 6) is -0.746. The molecule has 130 valence electrons. The SMILES string of the molecule is COC(=O)c1nscc1S(=O)(=O)N1CCCCC1c1cnn(C)c1. The zero-order valence-corrected chi connectivity index (χ0v) is 15.0. The minimum absolute atomic E-state index is 0.0878. The molecule has 8 nitrogen and oxygen atoms in total. The number of aromatic nitrogens is 3. The lowest BCUT2D eigenvalue weighted by Crippen LogP contribution is -2.38. The fraction of sp³-hybridized carbons (Fsp3) is 0.500. The van der Waals surface area contributed by atoms with Gasteiger partial charge in [0, 0.05) is 30.7 Å². The van der Waals surface area contributed by atoms with Gasteiger partial charge in [0.25, 0.3) is 0 Å². The van der Waals surface area contributed by atoms with Crippen LogP contribution < -0.4 is 0 Å². The van der Waals surface area contributed by atoms with E-state index >= 15 is 0 Å². The van der Waals surface area contributed by atoms with Gasteiger partial charge in [-0.15, -0.1) is 0 Å². The molecule has 3 rings (SSSR count). The molecule has 1 fully saturated rings. The second kappa shape index (κ2) is 6.61. The van der Waals surface area contributed by atoms with E-state index < -0.39 is 16.0 Å². The number of hydrogen-bond donors (Lipinski definition) is 0. The van der Waals surface area contributed by atoms with Gasteiger partial charge < -0.3 is 4.74 Å². The highest BCUT2D eigenvalue weighted by Gasteiger charge is 2.38. The van der Waals surface area contributed by atoms with Crippen molar-refractivity contribution in [1.29, 1.82) is 0 Å². The minimum Gasteiger partial charge on any atom is -0.464 e. The van der Waals surface area contributed by atoms with Crippen LogP contribution in [0.1, 0.15) is 41.4 Å². The maximum atomic E-state index is 13.1. The number of hydrogen-bond acceptors (Lipinski definition) is 7. The van der Waals surface area contributed by atoms with Gasteiger partial charge in [0.1, 0.15) is 4.90 Å². The lowest BCUT2D eigenvalue weighted by molar-refractivity contribution is 0.0590. The predicted octanol–water partition coefficient (Wildman–Crippen LogP) is 1.58. The highest BCUT2D eigenvalue weighted by molar-refractivity contribution is 7.89. The zero-order chi connectivity index (χ0) is 17.3. The van der Waals surface area contributed by atoms with Crippen molar-refractivity contribution >= 4 is 27.5 Å². The Hall–Kier alpha value is -1.78. The van der Waals surface area contributed by atoms with Crippen LogP contribution in [0, 0.1) is 0 Å². The summed E-state index contributed by atoms with van der Waals surface area (Å²) in [6, 6.07) is -0.289. The Kier molecular flexibility index (Phi) is 4.70. The van der Waals surface area contributed by atoms with E-state index in [1.807, 2.05) is 6.20 Å². The third-order valence-electron chi connectivity index (χ3n) is 4.07. The number of methoxy groups -OCH3 is 1. The Labute approximate surface area is 144 Å². The van der Waals surface area contributed by atoms with Crippen molar-refractivity contribution < 1.29 is 17.9 Å². The summed E-state index contributed by atoms with van der Waals surface area (Å²) in [6.45, 7) is 0.401. The molecule has 0 N–H and O–H groups in total. The van der Waals surface area contributed by atoms with E-state index in [2.05, 4.69) is 14.2 Å². The Morgan fingerprint density at radius 2 is 2.21 bits per heavy atom. The van der Waals surface area contributed by atoms with Crippen LogP contribution in [0.4, 0.5) is 0 Å². The zero-order valence-electron chi connectivity index (χ0n) is 13.4. The summed E-state index contributed by atoms with van der Waals surface area (Å²) >= 11 is 0.929. The van der Waals surface area contributed by atoms with Gasteiger partial charge >= 0.3 is 5.97 Å². The van der Waals surface area contributed by atoms with Gasteiger partial charge in [0.15, 0.2) is 5.69 Å². The van der Waals surface area contributed by atoms with Gasteiger partial charge in [-0.25, -0.2) is 13.2 Å². The van der Waals surface area contributed by atoms with Gasteiger partial charge in [-0.1, -0.05) is 6.42 Å². The number of carbonyl (C=O) groups excluding carboxylic acids is 1. The number of nitrogens with zero attached hydrogens (tertiary/aromatic N) is 4. The third kappa shape index (κ3) is 2.96. The molecular formula is C14H18N4O4S2. The third-order valence-corrected chi connectivity index (χ3v) is 6.77. The maximum absolute atomic E-state index is 13.1. The predicted molar refractivity (Wildman–Crippen MR) is 87.1 cm³/mol. The summed E-state index contributed by atoms with van der Waals surface area (Å²) in [5, 5.41) is 5.53. The van der Waals surface area contributed by atoms with Crippen molar-refractivity contribution in [3.05, 3.63) is 29.0 Å². The topological polar surface area (TPSA) is 94.4 Å². The first-order valence-electron chi connectivity index (χ1n) is 7.48. The lowest BCUT2D eigenvalue weighted by atomic mass is 10.0. The second-order valence-corrected chi connectivity index (χ2v) is 8.08. The first-order valence-corrected chi connectivity index (χ1v) is 9.76. The van der Waals surface area contributed by atoms with Crippen LogP contribution in [-0.2, 0) is 21.8 Å². The monoisotopic (exact) mass is 370 g/mol. The molecule has 1 aliphatic rings. The second-order valence-electron chi connectivity index (χ2n) is 5.59. The van der Waals surface area contributed by atoms with Crippen molar-refractivity contribution in [2.45, 2.75) is 30.2 Å². The molecule has 1 unspecified atom stereocenters. The minimum atomic E-state index is -3.85. The highest BCUT2D eigenvalue weighted by atomic mass is 32.2. The van der Waals surface area contributed by atoms with Gasteiger partial charge in [-0.05, 0) is 24.4 Å². The molecule has 1 atom stereocenters.